The predicted octanol–water partition coefficient (Wildman–Crippen LogP) is 2.31. The molecule has 0 unspecified atom stereocenters. The fourth-order valence-electron chi connectivity index (χ4n) is 2.02. The van der Waals surface area contributed by atoms with Crippen LogP contribution in [0.4, 0.5) is 0 Å². The molecule has 3 heteroatoms. The third-order valence-electron chi connectivity index (χ3n) is 3.20. The molecular formula is C17H20N2O. The minimum atomic E-state index is 0.0343. The second kappa shape index (κ2) is 6.87. The van der Waals surface area contributed by atoms with Crippen LogP contribution >= 0.6 is 0 Å². The van der Waals surface area contributed by atoms with Gasteiger partial charge in [0.25, 0.3) is 0 Å². The highest BCUT2D eigenvalue weighted by molar-refractivity contribution is 5.78. The lowest BCUT2D eigenvalue weighted by Gasteiger charge is -2.07. The molecule has 1 amide bonds. The van der Waals surface area contributed by atoms with Crippen molar-refractivity contribution >= 4 is 5.91 Å². The highest BCUT2D eigenvalue weighted by Crippen LogP contribution is 2.06. The Balaban J connectivity index is 1.87. The molecule has 2 aromatic rings. The number of carbonyl (C=O) groups excluding carboxylic acids is 1. The van der Waals surface area contributed by atoms with Gasteiger partial charge in [-0.05, 0) is 23.6 Å². The van der Waals surface area contributed by atoms with Gasteiger partial charge in [-0.25, -0.2) is 0 Å². The van der Waals surface area contributed by atoms with Crippen molar-refractivity contribution in [3.8, 4) is 0 Å². The van der Waals surface area contributed by atoms with Gasteiger partial charge in [-0.15, -0.1) is 0 Å². The van der Waals surface area contributed by atoms with E-state index in [4.69, 9.17) is 5.73 Å². The van der Waals surface area contributed by atoms with Gasteiger partial charge >= 0.3 is 0 Å². The summed E-state index contributed by atoms with van der Waals surface area (Å²) in [5, 5.41) is 2.93. The largest absolute Gasteiger partial charge is 0.352 e. The molecule has 2 aromatic carbocycles. The smallest absolute Gasteiger partial charge is 0.224 e. The summed E-state index contributed by atoms with van der Waals surface area (Å²) in [4.78, 5) is 11.9. The second-order valence-electron chi connectivity index (χ2n) is 4.96. The summed E-state index contributed by atoms with van der Waals surface area (Å²) in [6.45, 7) is 3.10. The number of hydrogen-bond donors (Lipinski definition) is 2. The van der Waals surface area contributed by atoms with E-state index in [1.165, 1.54) is 5.56 Å². The lowest BCUT2D eigenvalue weighted by atomic mass is 10.1. The number of rotatable bonds is 5. The number of aryl methyl sites for hydroxylation is 1. The standard InChI is InChI=1S/C17H20N2O/c1-13-5-7-14(8-6-13)10-17(20)19-12-16-4-2-3-15(9-16)11-18/h2-9H,10-12,18H2,1H3,(H,19,20). The summed E-state index contributed by atoms with van der Waals surface area (Å²) >= 11 is 0. The van der Waals surface area contributed by atoms with Crippen molar-refractivity contribution in [2.75, 3.05) is 0 Å². The van der Waals surface area contributed by atoms with E-state index in [0.717, 1.165) is 16.7 Å². The molecule has 3 nitrogen and oxygen atoms in total. The number of nitrogens with one attached hydrogen (secondary N) is 1. The van der Waals surface area contributed by atoms with E-state index in [2.05, 4.69) is 5.32 Å². The van der Waals surface area contributed by atoms with E-state index in [1.54, 1.807) is 0 Å². The minimum Gasteiger partial charge on any atom is -0.352 e. The van der Waals surface area contributed by atoms with Gasteiger partial charge in [0, 0.05) is 13.1 Å². The van der Waals surface area contributed by atoms with Crippen molar-refractivity contribution in [2.45, 2.75) is 26.4 Å². The zero-order chi connectivity index (χ0) is 14.4. The molecule has 0 atom stereocenters. The lowest BCUT2D eigenvalue weighted by molar-refractivity contribution is -0.120. The van der Waals surface area contributed by atoms with E-state index < -0.39 is 0 Å². The zero-order valence-electron chi connectivity index (χ0n) is 11.7. The Morgan fingerprint density at radius 3 is 2.45 bits per heavy atom. The molecule has 0 aliphatic heterocycles. The molecule has 20 heavy (non-hydrogen) atoms. The maximum atomic E-state index is 11.9. The third kappa shape index (κ3) is 4.21. The molecular weight excluding hydrogens is 248 g/mol. The molecule has 0 saturated heterocycles. The van der Waals surface area contributed by atoms with Crippen molar-refractivity contribution in [2.24, 2.45) is 5.73 Å². The van der Waals surface area contributed by atoms with Crippen LogP contribution in [0.1, 0.15) is 22.3 Å². The highest BCUT2D eigenvalue weighted by atomic mass is 16.1. The van der Waals surface area contributed by atoms with Crippen LogP contribution in [-0.2, 0) is 24.3 Å². The van der Waals surface area contributed by atoms with Crippen LogP contribution in [0.15, 0.2) is 48.5 Å². The first kappa shape index (κ1) is 14.3. The maximum absolute atomic E-state index is 11.9. The molecule has 3 N–H and O–H groups in total. The number of hydrogen-bond acceptors (Lipinski definition) is 2. The summed E-state index contributed by atoms with van der Waals surface area (Å²) in [6, 6.07) is 16.0. The summed E-state index contributed by atoms with van der Waals surface area (Å²) in [5.74, 6) is 0.0343. The molecule has 0 bridgehead atoms. The Hall–Kier alpha value is -2.13. The number of nitrogens with two attached hydrogens (primary N) is 1. The summed E-state index contributed by atoms with van der Waals surface area (Å²) in [6.07, 6.45) is 0.414. The molecule has 2 rings (SSSR count). The van der Waals surface area contributed by atoms with Crippen LogP contribution in [-0.4, -0.2) is 5.91 Å². The molecule has 0 spiro atoms. The molecule has 0 saturated carbocycles. The van der Waals surface area contributed by atoms with Gasteiger partial charge in [0.15, 0.2) is 0 Å². The number of benzene rings is 2. The molecule has 0 aliphatic rings. The quantitative estimate of drug-likeness (QED) is 0.874. The Morgan fingerprint density at radius 2 is 1.75 bits per heavy atom. The topological polar surface area (TPSA) is 55.1 Å². The molecule has 0 aliphatic carbocycles. The Bertz CT molecular complexity index is 576. The molecule has 0 fully saturated rings. The van der Waals surface area contributed by atoms with E-state index >= 15 is 0 Å². The predicted molar refractivity (Wildman–Crippen MR) is 81.1 cm³/mol. The lowest BCUT2D eigenvalue weighted by Crippen LogP contribution is -2.24. The van der Waals surface area contributed by atoms with Gasteiger partial charge in [-0.3, -0.25) is 4.79 Å². The minimum absolute atomic E-state index is 0.0343. The van der Waals surface area contributed by atoms with E-state index in [9.17, 15) is 4.79 Å². The number of amides is 1. The van der Waals surface area contributed by atoms with Gasteiger partial charge < -0.3 is 11.1 Å². The first-order chi connectivity index (χ1) is 9.67. The van der Waals surface area contributed by atoms with E-state index in [0.29, 0.717) is 19.5 Å². The fourth-order valence-corrected chi connectivity index (χ4v) is 2.02. The molecule has 0 aromatic heterocycles. The van der Waals surface area contributed by atoms with Crippen molar-refractivity contribution in [1.82, 2.24) is 5.32 Å². The van der Waals surface area contributed by atoms with Crippen molar-refractivity contribution in [3.63, 3.8) is 0 Å². The van der Waals surface area contributed by atoms with Crippen molar-refractivity contribution < 1.29 is 4.79 Å². The van der Waals surface area contributed by atoms with Crippen molar-refractivity contribution in [3.05, 3.63) is 70.8 Å². The number of carbonyl (C=O) groups is 1. The third-order valence-corrected chi connectivity index (χ3v) is 3.20. The first-order valence-corrected chi connectivity index (χ1v) is 6.77. The SMILES string of the molecule is Cc1ccc(CC(=O)NCc2cccc(CN)c2)cc1. The van der Waals surface area contributed by atoms with Crippen LogP contribution in [0.5, 0.6) is 0 Å². The van der Waals surface area contributed by atoms with Gasteiger partial charge in [0.2, 0.25) is 5.91 Å². The molecule has 0 heterocycles. The Labute approximate surface area is 119 Å². The van der Waals surface area contributed by atoms with Crippen LogP contribution in [0.25, 0.3) is 0 Å². The molecule has 104 valence electrons. The Kier molecular flexibility index (Phi) is 4.91. The monoisotopic (exact) mass is 268 g/mol. The van der Waals surface area contributed by atoms with Crippen LogP contribution in [0.2, 0.25) is 0 Å². The van der Waals surface area contributed by atoms with Crippen molar-refractivity contribution in [1.29, 1.82) is 0 Å². The zero-order valence-corrected chi connectivity index (χ0v) is 11.7. The summed E-state index contributed by atoms with van der Waals surface area (Å²) in [5.41, 5.74) is 9.99. The van der Waals surface area contributed by atoms with Gasteiger partial charge in [0.05, 0.1) is 6.42 Å². The summed E-state index contributed by atoms with van der Waals surface area (Å²) in [7, 11) is 0. The van der Waals surface area contributed by atoms with Gasteiger partial charge in [-0.1, -0.05) is 54.1 Å². The summed E-state index contributed by atoms with van der Waals surface area (Å²) < 4.78 is 0. The Morgan fingerprint density at radius 1 is 1.05 bits per heavy atom. The normalized spacial score (nSPS) is 10.3. The first-order valence-electron chi connectivity index (χ1n) is 6.77. The maximum Gasteiger partial charge on any atom is 0.224 e. The van der Waals surface area contributed by atoms with Crippen LogP contribution in [0, 0.1) is 6.92 Å². The van der Waals surface area contributed by atoms with Crippen LogP contribution < -0.4 is 11.1 Å². The van der Waals surface area contributed by atoms with Gasteiger partial charge in [-0.2, -0.15) is 0 Å². The van der Waals surface area contributed by atoms with Crippen LogP contribution in [0.3, 0.4) is 0 Å². The van der Waals surface area contributed by atoms with Gasteiger partial charge in [0.1, 0.15) is 0 Å². The average Bonchev–Trinajstić information content (AvgIpc) is 2.48. The highest BCUT2D eigenvalue weighted by Gasteiger charge is 2.03. The average molecular weight is 268 g/mol. The molecule has 0 radical (unpaired) electrons. The van der Waals surface area contributed by atoms with E-state index in [1.807, 2.05) is 55.5 Å². The second-order valence-corrected chi connectivity index (χ2v) is 4.96. The fraction of sp³-hybridized carbons (Fsp3) is 0.235. The van der Waals surface area contributed by atoms with E-state index in [-0.39, 0.29) is 5.91 Å².